The third-order valence-corrected chi connectivity index (χ3v) is 4.38. The van der Waals surface area contributed by atoms with Crippen LogP contribution in [0, 0.1) is 5.82 Å². The fourth-order valence-corrected chi connectivity index (χ4v) is 3.04. The van der Waals surface area contributed by atoms with E-state index in [4.69, 9.17) is 11.6 Å². The van der Waals surface area contributed by atoms with Crippen LogP contribution < -0.4 is 5.56 Å². The van der Waals surface area contributed by atoms with Crippen LogP contribution in [0.15, 0.2) is 23.0 Å². The predicted molar refractivity (Wildman–Crippen MR) is 88.1 cm³/mol. The molecule has 1 aliphatic rings. The molecule has 1 aromatic heterocycles. The van der Waals surface area contributed by atoms with Gasteiger partial charge in [0.25, 0.3) is 5.56 Å². The van der Waals surface area contributed by atoms with Crippen LogP contribution in [0.4, 0.5) is 4.39 Å². The van der Waals surface area contributed by atoms with Crippen molar-refractivity contribution in [3.8, 4) is 0 Å². The maximum absolute atomic E-state index is 13.5. The monoisotopic (exact) mass is 335 g/mol. The van der Waals surface area contributed by atoms with E-state index in [1.54, 1.807) is 6.07 Å². The lowest BCUT2D eigenvalue weighted by atomic mass is 10.1. The second-order valence-electron chi connectivity index (χ2n) is 5.90. The van der Waals surface area contributed by atoms with Crippen molar-refractivity contribution in [2.45, 2.75) is 39.3 Å². The molecule has 0 unspecified atom stereocenters. The number of aromatic nitrogens is 2. The van der Waals surface area contributed by atoms with E-state index in [0.29, 0.717) is 13.1 Å². The van der Waals surface area contributed by atoms with E-state index in [1.165, 1.54) is 6.07 Å². The van der Waals surface area contributed by atoms with Gasteiger partial charge in [0.15, 0.2) is 0 Å². The first-order valence-electron chi connectivity index (χ1n) is 7.84. The van der Waals surface area contributed by atoms with Crippen LogP contribution in [-0.4, -0.2) is 21.4 Å². The third kappa shape index (κ3) is 3.62. The molecule has 0 fully saturated rings. The highest BCUT2D eigenvalue weighted by Gasteiger charge is 2.21. The van der Waals surface area contributed by atoms with Crippen LogP contribution in [0.2, 0.25) is 5.02 Å². The second-order valence-corrected chi connectivity index (χ2v) is 6.30. The Morgan fingerprint density at radius 3 is 3.00 bits per heavy atom. The minimum Gasteiger partial charge on any atom is -0.310 e. The number of hydrogen-bond acceptors (Lipinski definition) is 3. The zero-order valence-corrected chi connectivity index (χ0v) is 13.8. The van der Waals surface area contributed by atoms with E-state index < -0.39 is 5.82 Å². The number of aryl methyl sites for hydroxylation is 1. The normalized spacial score (nSPS) is 14.7. The number of rotatable bonds is 4. The lowest BCUT2D eigenvalue weighted by Crippen LogP contribution is -2.35. The molecule has 3 rings (SSSR count). The highest BCUT2D eigenvalue weighted by Crippen LogP contribution is 2.20. The average Bonchev–Trinajstić information content (AvgIpc) is 2.52. The molecular formula is C17H19ClFN3O. The summed E-state index contributed by atoms with van der Waals surface area (Å²) in [6, 6.07) is 4.83. The molecule has 0 radical (unpaired) electrons. The molecule has 122 valence electrons. The zero-order chi connectivity index (χ0) is 16.4. The summed E-state index contributed by atoms with van der Waals surface area (Å²) in [5.41, 5.74) is 2.43. The summed E-state index contributed by atoms with van der Waals surface area (Å²) in [4.78, 5) is 21.8. The summed E-state index contributed by atoms with van der Waals surface area (Å²) >= 11 is 5.71. The van der Waals surface area contributed by atoms with Crippen LogP contribution in [0.1, 0.15) is 36.0 Å². The molecule has 23 heavy (non-hydrogen) atoms. The molecule has 1 aliphatic heterocycles. The van der Waals surface area contributed by atoms with Crippen LogP contribution in [0.5, 0.6) is 0 Å². The fraction of sp³-hybridized carbons (Fsp3) is 0.412. The quantitative estimate of drug-likeness (QED) is 0.934. The summed E-state index contributed by atoms with van der Waals surface area (Å²) in [6.07, 6.45) is 2.48. The van der Waals surface area contributed by atoms with Crippen LogP contribution in [-0.2, 0) is 25.9 Å². The van der Waals surface area contributed by atoms with E-state index in [1.807, 2.05) is 6.07 Å². The molecule has 6 heteroatoms. The van der Waals surface area contributed by atoms with E-state index in [9.17, 15) is 9.18 Å². The first kappa shape index (κ1) is 16.1. The Labute approximate surface area is 139 Å². The van der Waals surface area contributed by atoms with Gasteiger partial charge in [-0.1, -0.05) is 24.6 Å². The Bertz CT molecular complexity index is 775. The van der Waals surface area contributed by atoms with Gasteiger partial charge in [-0.25, -0.2) is 9.37 Å². The number of halogens is 2. The minimum absolute atomic E-state index is 0.0505. The molecule has 0 atom stereocenters. The van der Waals surface area contributed by atoms with Crippen LogP contribution in [0.25, 0.3) is 0 Å². The Hall–Kier alpha value is -1.72. The van der Waals surface area contributed by atoms with Gasteiger partial charge < -0.3 is 4.98 Å². The smallest absolute Gasteiger partial charge is 0.255 e. The summed E-state index contributed by atoms with van der Waals surface area (Å²) in [7, 11) is 0. The molecule has 0 saturated carbocycles. The summed E-state index contributed by atoms with van der Waals surface area (Å²) in [5, 5.41) is 0.127. The number of fused-ring (bicyclic) bond motifs is 1. The molecule has 0 amide bonds. The van der Waals surface area contributed by atoms with Gasteiger partial charge in [-0.15, -0.1) is 0 Å². The second kappa shape index (κ2) is 6.81. The summed E-state index contributed by atoms with van der Waals surface area (Å²) < 4.78 is 13.5. The van der Waals surface area contributed by atoms with Crippen LogP contribution >= 0.6 is 11.6 Å². The maximum Gasteiger partial charge on any atom is 0.255 e. The Kier molecular flexibility index (Phi) is 4.78. The maximum atomic E-state index is 13.5. The molecule has 2 aromatic rings. The molecule has 0 saturated heterocycles. The van der Waals surface area contributed by atoms with Crippen molar-refractivity contribution in [1.82, 2.24) is 14.9 Å². The molecule has 0 spiro atoms. The van der Waals surface area contributed by atoms with Gasteiger partial charge in [-0.3, -0.25) is 9.69 Å². The van der Waals surface area contributed by atoms with Crippen molar-refractivity contribution in [3.63, 3.8) is 0 Å². The van der Waals surface area contributed by atoms with E-state index in [0.717, 1.165) is 48.5 Å². The van der Waals surface area contributed by atoms with Crippen molar-refractivity contribution in [1.29, 1.82) is 0 Å². The summed E-state index contributed by atoms with van der Waals surface area (Å²) in [5.74, 6) is 0.356. The topological polar surface area (TPSA) is 49.0 Å². The molecule has 0 aliphatic carbocycles. The van der Waals surface area contributed by atoms with Gasteiger partial charge in [0, 0.05) is 32.5 Å². The van der Waals surface area contributed by atoms with E-state index >= 15 is 0 Å². The Morgan fingerprint density at radius 2 is 2.26 bits per heavy atom. The summed E-state index contributed by atoms with van der Waals surface area (Å²) in [6.45, 7) is 3.99. The van der Waals surface area contributed by atoms with Gasteiger partial charge in [0.2, 0.25) is 0 Å². The number of H-pyrrole nitrogens is 1. The first-order valence-corrected chi connectivity index (χ1v) is 8.22. The lowest BCUT2D eigenvalue weighted by molar-refractivity contribution is 0.241. The minimum atomic E-state index is -0.412. The Morgan fingerprint density at radius 1 is 1.43 bits per heavy atom. The Balaban J connectivity index is 1.77. The largest absolute Gasteiger partial charge is 0.310 e. The number of aromatic amines is 1. The molecule has 0 bridgehead atoms. The van der Waals surface area contributed by atoms with Gasteiger partial charge in [0.1, 0.15) is 11.6 Å². The van der Waals surface area contributed by atoms with Gasteiger partial charge >= 0.3 is 0 Å². The molecular weight excluding hydrogens is 317 g/mol. The van der Waals surface area contributed by atoms with Crippen molar-refractivity contribution >= 4 is 11.6 Å². The molecule has 4 nitrogen and oxygen atoms in total. The average molecular weight is 336 g/mol. The SMILES string of the molecule is CCCc1nc2c(c(=O)[nH]1)CN(Cc1ccc(Cl)c(F)c1)CC2. The molecule has 1 aromatic carbocycles. The number of nitrogens with one attached hydrogen (secondary N) is 1. The lowest BCUT2D eigenvalue weighted by Gasteiger charge is -2.27. The number of nitrogens with zero attached hydrogens (tertiary/aromatic N) is 2. The third-order valence-electron chi connectivity index (χ3n) is 4.07. The van der Waals surface area contributed by atoms with Crippen LogP contribution in [0.3, 0.4) is 0 Å². The standard InChI is InChI=1S/C17H19ClFN3O/c1-2-3-16-20-15-6-7-22(10-12(15)17(23)21-16)9-11-4-5-13(18)14(19)8-11/h4-5,8H,2-3,6-7,9-10H2,1H3,(H,20,21,23). The van der Waals surface area contributed by atoms with Crippen molar-refractivity contribution in [3.05, 3.63) is 62.0 Å². The van der Waals surface area contributed by atoms with Crippen molar-refractivity contribution in [2.24, 2.45) is 0 Å². The highest BCUT2D eigenvalue weighted by molar-refractivity contribution is 6.30. The fourth-order valence-electron chi connectivity index (χ4n) is 2.92. The highest BCUT2D eigenvalue weighted by atomic mass is 35.5. The zero-order valence-electron chi connectivity index (χ0n) is 13.0. The first-order chi connectivity index (χ1) is 11.1. The van der Waals surface area contributed by atoms with E-state index in [2.05, 4.69) is 21.8 Å². The number of hydrogen-bond donors (Lipinski definition) is 1. The molecule has 2 heterocycles. The van der Waals surface area contributed by atoms with E-state index in [-0.39, 0.29) is 10.6 Å². The van der Waals surface area contributed by atoms with Gasteiger partial charge in [-0.05, 0) is 24.1 Å². The molecule has 1 N–H and O–H groups in total. The predicted octanol–water partition coefficient (Wildman–Crippen LogP) is 3.07. The number of benzene rings is 1. The van der Waals surface area contributed by atoms with Gasteiger partial charge in [-0.2, -0.15) is 0 Å². The van der Waals surface area contributed by atoms with Gasteiger partial charge in [0.05, 0.1) is 16.3 Å². The van der Waals surface area contributed by atoms with Crippen molar-refractivity contribution in [2.75, 3.05) is 6.54 Å². The van der Waals surface area contributed by atoms with Crippen molar-refractivity contribution < 1.29 is 4.39 Å².